The van der Waals surface area contributed by atoms with E-state index in [1.165, 1.54) is 44.6 Å². The van der Waals surface area contributed by atoms with Crippen LogP contribution in [0.15, 0.2) is 0 Å². The van der Waals surface area contributed by atoms with Crippen LogP contribution in [0.4, 0.5) is 0 Å². The minimum Gasteiger partial charge on any atom is -0.383 e. The molecule has 0 aliphatic carbocycles. The van der Waals surface area contributed by atoms with Gasteiger partial charge in [-0.05, 0) is 108 Å². The van der Waals surface area contributed by atoms with Crippen molar-refractivity contribution in [1.82, 2.24) is 14.7 Å². The number of piperidine rings is 3. The number of rotatable bonds is 14. The van der Waals surface area contributed by atoms with Crippen molar-refractivity contribution in [2.75, 3.05) is 96.6 Å². The van der Waals surface area contributed by atoms with Crippen LogP contribution in [0.25, 0.3) is 0 Å². The van der Waals surface area contributed by atoms with Crippen molar-refractivity contribution in [3.63, 3.8) is 0 Å². The number of ether oxygens (including phenoxy) is 1. The van der Waals surface area contributed by atoms with Gasteiger partial charge in [-0.25, -0.2) is 16.8 Å². The zero-order chi connectivity index (χ0) is 26.9. The highest BCUT2D eigenvalue weighted by molar-refractivity contribution is 7.90. The fourth-order valence-corrected chi connectivity index (χ4v) is 7.65. The minimum absolute atomic E-state index is 0.258. The highest BCUT2D eigenvalue weighted by Crippen LogP contribution is 2.40. The van der Waals surface area contributed by atoms with Crippen LogP contribution < -0.4 is 0 Å². The van der Waals surface area contributed by atoms with Gasteiger partial charge in [0.1, 0.15) is 19.7 Å². The molecule has 0 aromatic heterocycles. The summed E-state index contributed by atoms with van der Waals surface area (Å²) in [5.74, 6) is 4.29. The number of methoxy groups -OCH3 is 1. The predicted molar refractivity (Wildman–Crippen MR) is 151 cm³/mol. The molecule has 0 aromatic rings. The molecular weight excluding hydrogens is 510 g/mol. The zero-order valence-electron chi connectivity index (χ0n) is 23.6. The van der Waals surface area contributed by atoms with Gasteiger partial charge in [0.2, 0.25) is 0 Å². The summed E-state index contributed by atoms with van der Waals surface area (Å²) in [6.07, 6.45) is 12.3. The molecule has 37 heavy (non-hydrogen) atoms. The molecule has 3 saturated heterocycles. The van der Waals surface area contributed by atoms with Gasteiger partial charge in [-0.3, -0.25) is 0 Å². The Morgan fingerprint density at radius 1 is 0.703 bits per heavy atom. The van der Waals surface area contributed by atoms with Crippen molar-refractivity contribution < 1.29 is 21.6 Å². The van der Waals surface area contributed by atoms with Gasteiger partial charge in [0.15, 0.2) is 0 Å². The highest BCUT2D eigenvalue weighted by atomic mass is 32.2. The van der Waals surface area contributed by atoms with Crippen molar-refractivity contribution in [2.24, 2.45) is 17.8 Å². The van der Waals surface area contributed by atoms with Crippen molar-refractivity contribution in [3.8, 4) is 0 Å². The third kappa shape index (κ3) is 12.2. The second kappa shape index (κ2) is 14.9. The molecule has 0 amide bonds. The quantitative estimate of drug-likeness (QED) is 0.319. The van der Waals surface area contributed by atoms with E-state index in [2.05, 4.69) is 14.7 Å². The summed E-state index contributed by atoms with van der Waals surface area (Å²) in [4.78, 5) is 7.23. The topological polar surface area (TPSA) is 87.2 Å². The standard InChI is InChI=1S/C27H52N3O5S2/c1-35-18-15-28-13-8-26(9-14-28)27(21-24-6-11-29(12-7-24)16-19-36(2,31)32)22-25-5-4-10-30(23-25)17-20-37(3,33)34/h24-26H,4-23H2,1-3H3. The first-order chi connectivity index (χ1) is 17.5. The summed E-state index contributed by atoms with van der Waals surface area (Å²) in [7, 11) is -4.06. The molecule has 0 aromatic carbocycles. The maximum atomic E-state index is 11.7. The molecule has 0 spiro atoms. The maximum Gasteiger partial charge on any atom is 0.148 e. The fraction of sp³-hybridized carbons (Fsp3) is 0.963. The average Bonchev–Trinajstić information content (AvgIpc) is 2.85. The van der Waals surface area contributed by atoms with Crippen molar-refractivity contribution in [3.05, 3.63) is 5.92 Å². The SMILES string of the molecule is COCCN1CCC([C](CC2CCN(CCS(C)(=O)=O)CC2)CC2CCCN(CCS(C)(=O)=O)C2)CC1. The summed E-state index contributed by atoms with van der Waals surface area (Å²) >= 11 is 0. The largest absolute Gasteiger partial charge is 0.383 e. The summed E-state index contributed by atoms with van der Waals surface area (Å²) in [6, 6.07) is 0. The molecule has 8 nitrogen and oxygen atoms in total. The Hall–Kier alpha value is -0.260. The lowest BCUT2D eigenvalue weighted by molar-refractivity contribution is 0.113. The molecule has 3 rings (SSSR count). The molecule has 217 valence electrons. The second-order valence-electron chi connectivity index (χ2n) is 12.0. The van der Waals surface area contributed by atoms with Crippen LogP contribution in [-0.2, 0) is 24.4 Å². The van der Waals surface area contributed by atoms with E-state index >= 15 is 0 Å². The molecule has 0 saturated carbocycles. The van der Waals surface area contributed by atoms with Crippen molar-refractivity contribution >= 4 is 19.7 Å². The van der Waals surface area contributed by atoms with E-state index in [0.717, 1.165) is 71.7 Å². The van der Waals surface area contributed by atoms with Crippen LogP contribution in [0.5, 0.6) is 0 Å². The van der Waals surface area contributed by atoms with Gasteiger partial charge in [-0.15, -0.1) is 0 Å². The van der Waals surface area contributed by atoms with Gasteiger partial charge >= 0.3 is 0 Å². The molecule has 3 aliphatic heterocycles. The molecule has 3 aliphatic rings. The average molecular weight is 563 g/mol. The van der Waals surface area contributed by atoms with E-state index in [1.807, 2.05) is 0 Å². The van der Waals surface area contributed by atoms with Gasteiger partial charge in [0, 0.05) is 45.8 Å². The van der Waals surface area contributed by atoms with Crippen LogP contribution in [0.1, 0.15) is 51.4 Å². The third-order valence-electron chi connectivity index (χ3n) is 8.75. The summed E-state index contributed by atoms with van der Waals surface area (Å²) < 4.78 is 51.8. The van der Waals surface area contributed by atoms with Gasteiger partial charge in [0.25, 0.3) is 0 Å². The molecule has 3 heterocycles. The number of hydrogen-bond acceptors (Lipinski definition) is 8. The van der Waals surface area contributed by atoms with Crippen molar-refractivity contribution in [2.45, 2.75) is 51.4 Å². The Labute approximate surface area is 227 Å². The van der Waals surface area contributed by atoms with Crippen LogP contribution in [-0.4, -0.2) is 128 Å². The monoisotopic (exact) mass is 562 g/mol. The number of sulfone groups is 2. The van der Waals surface area contributed by atoms with Gasteiger partial charge < -0.3 is 19.4 Å². The Morgan fingerprint density at radius 3 is 1.84 bits per heavy atom. The fourth-order valence-electron chi connectivity index (χ4n) is 6.47. The van der Waals surface area contributed by atoms with Crippen LogP contribution in [0.3, 0.4) is 0 Å². The van der Waals surface area contributed by atoms with Crippen molar-refractivity contribution in [1.29, 1.82) is 0 Å². The van der Waals surface area contributed by atoms with Crippen LogP contribution in [0.2, 0.25) is 0 Å². The molecule has 1 unspecified atom stereocenters. The first-order valence-electron chi connectivity index (χ1n) is 14.4. The molecule has 1 radical (unpaired) electrons. The molecule has 3 fully saturated rings. The summed E-state index contributed by atoms with van der Waals surface area (Å²) in [5.41, 5.74) is 0. The zero-order valence-corrected chi connectivity index (χ0v) is 25.2. The number of likely N-dealkylation sites (tertiary alicyclic amines) is 3. The van der Waals surface area contributed by atoms with Gasteiger partial charge in [-0.1, -0.05) is 0 Å². The summed E-state index contributed by atoms with van der Waals surface area (Å²) in [5, 5.41) is 0. The molecule has 10 heteroatoms. The highest BCUT2D eigenvalue weighted by Gasteiger charge is 2.33. The maximum absolute atomic E-state index is 11.7. The molecule has 1 atom stereocenters. The Bertz CT molecular complexity index is 866. The van der Waals surface area contributed by atoms with E-state index in [0.29, 0.717) is 30.8 Å². The van der Waals surface area contributed by atoms with Gasteiger partial charge in [-0.2, -0.15) is 0 Å². The first-order valence-corrected chi connectivity index (χ1v) is 18.5. The van der Waals surface area contributed by atoms with E-state index < -0.39 is 19.7 Å². The Kier molecular flexibility index (Phi) is 12.6. The van der Waals surface area contributed by atoms with Crippen LogP contribution >= 0.6 is 0 Å². The number of hydrogen-bond donors (Lipinski definition) is 0. The predicted octanol–water partition coefficient (Wildman–Crippen LogP) is 2.21. The third-order valence-corrected chi connectivity index (χ3v) is 10.6. The van der Waals surface area contributed by atoms with E-state index in [1.54, 1.807) is 13.0 Å². The minimum atomic E-state index is -2.93. The lowest BCUT2D eigenvalue weighted by atomic mass is 9.72. The molecule has 0 N–H and O–H groups in total. The lowest BCUT2D eigenvalue weighted by Gasteiger charge is -2.41. The van der Waals surface area contributed by atoms with E-state index in [4.69, 9.17) is 4.74 Å². The molecule has 0 bridgehead atoms. The summed E-state index contributed by atoms with van der Waals surface area (Å²) in [6.45, 7) is 9.48. The number of nitrogens with zero attached hydrogens (tertiary/aromatic N) is 3. The Morgan fingerprint density at radius 2 is 1.24 bits per heavy atom. The van der Waals surface area contributed by atoms with Gasteiger partial charge in [0.05, 0.1) is 18.1 Å². The van der Waals surface area contributed by atoms with Crippen LogP contribution in [0, 0.1) is 23.7 Å². The normalized spacial score (nSPS) is 24.7. The Balaban J connectivity index is 1.55. The smallest absolute Gasteiger partial charge is 0.148 e. The first kappa shape index (κ1) is 31.3. The van der Waals surface area contributed by atoms with E-state index in [-0.39, 0.29) is 11.5 Å². The second-order valence-corrected chi connectivity index (χ2v) is 16.5. The molecular formula is C27H52N3O5S2. The van der Waals surface area contributed by atoms with E-state index in [9.17, 15) is 16.8 Å². The lowest BCUT2D eigenvalue weighted by Crippen LogP contribution is -2.41.